The number of thioether (sulfide) groups is 1. The number of benzene rings is 2. The maximum Gasteiger partial charge on any atom is 0.230 e. The molecule has 1 N–H and O–H groups in total. The molecule has 0 aliphatic carbocycles. The Morgan fingerprint density at radius 3 is 2.47 bits per heavy atom. The highest BCUT2D eigenvalue weighted by Gasteiger charge is 2.19. The molecule has 0 bridgehead atoms. The summed E-state index contributed by atoms with van der Waals surface area (Å²) in [6, 6.07) is 23.9. The number of carbonyl (C=O) groups is 1. The molecule has 0 spiro atoms. The first-order chi connectivity index (χ1) is 15.7. The van der Waals surface area contributed by atoms with Crippen molar-refractivity contribution >= 4 is 17.7 Å². The van der Waals surface area contributed by atoms with E-state index < -0.39 is 0 Å². The van der Waals surface area contributed by atoms with E-state index in [0.29, 0.717) is 23.3 Å². The summed E-state index contributed by atoms with van der Waals surface area (Å²) in [7, 11) is 0. The number of carbonyl (C=O) groups excluding carboxylic acids is 1. The largest absolute Gasteiger partial charge is 0.461 e. The van der Waals surface area contributed by atoms with Gasteiger partial charge in [0.05, 0.1) is 24.6 Å². The van der Waals surface area contributed by atoms with E-state index in [1.54, 1.807) is 6.26 Å². The van der Waals surface area contributed by atoms with Crippen LogP contribution in [0.25, 0.3) is 11.6 Å². The molecule has 1 unspecified atom stereocenters. The molecule has 0 aliphatic heterocycles. The van der Waals surface area contributed by atoms with Gasteiger partial charge in [-0.25, -0.2) is 0 Å². The molecule has 1 amide bonds. The third-order valence-corrected chi connectivity index (χ3v) is 6.06. The van der Waals surface area contributed by atoms with Crippen LogP contribution in [0.1, 0.15) is 36.9 Å². The summed E-state index contributed by atoms with van der Waals surface area (Å²) in [4.78, 5) is 12.8. The van der Waals surface area contributed by atoms with Crippen molar-refractivity contribution in [2.75, 3.05) is 5.75 Å². The fraction of sp³-hybridized carbons (Fsp3) is 0.240. The monoisotopic (exact) mass is 446 g/mol. The van der Waals surface area contributed by atoms with Gasteiger partial charge in [-0.2, -0.15) is 0 Å². The van der Waals surface area contributed by atoms with Crippen molar-refractivity contribution in [1.82, 2.24) is 20.1 Å². The second-order valence-corrected chi connectivity index (χ2v) is 8.41. The van der Waals surface area contributed by atoms with Gasteiger partial charge in [0.2, 0.25) is 11.7 Å². The molecule has 4 aromatic rings. The highest BCUT2D eigenvalue weighted by molar-refractivity contribution is 7.99. The molecule has 2 aromatic heterocycles. The number of hydrogen-bond donors (Lipinski definition) is 1. The van der Waals surface area contributed by atoms with Crippen LogP contribution in [0.3, 0.4) is 0 Å². The zero-order valence-corrected chi connectivity index (χ0v) is 18.8. The van der Waals surface area contributed by atoms with Crippen molar-refractivity contribution in [2.45, 2.75) is 37.5 Å². The number of hydrogen-bond acceptors (Lipinski definition) is 5. The van der Waals surface area contributed by atoms with Crippen molar-refractivity contribution in [3.8, 4) is 11.6 Å². The highest BCUT2D eigenvalue weighted by atomic mass is 32.2. The molecule has 164 valence electrons. The molecular formula is C25H26N4O2S. The number of amides is 1. The Balaban J connectivity index is 1.48. The number of rotatable bonds is 10. The van der Waals surface area contributed by atoms with Crippen molar-refractivity contribution in [3.05, 3.63) is 90.2 Å². The van der Waals surface area contributed by atoms with Crippen LogP contribution in [0.4, 0.5) is 0 Å². The van der Waals surface area contributed by atoms with E-state index in [1.165, 1.54) is 11.8 Å². The fourth-order valence-electron chi connectivity index (χ4n) is 3.55. The third-order valence-electron chi connectivity index (χ3n) is 5.09. The van der Waals surface area contributed by atoms with Crippen molar-refractivity contribution in [3.63, 3.8) is 0 Å². The van der Waals surface area contributed by atoms with Gasteiger partial charge in [0.1, 0.15) is 0 Å². The molecule has 7 heteroatoms. The van der Waals surface area contributed by atoms with E-state index in [9.17, 15) is 4.79 Å². The molecule has 1 atom stereocenters. The Labute approximate surface area is 192 Å². The molecule has 6 nitrogen and oxygen atoms in total. The van der Waals surface area contributed by atoms with E-state index in [2.05, 4.69) is 46.7 Å². The highest BCUT2D eigenvalue weighted by Crippen LogP contribution is 2.26. The van der Waals surface area contributed by atoms with E-state index >= 15 is 0 Å². The van der Waals surface area contributed by atoms with Crippen molar-refractivity contribution < 1.29 is 9.21 Å². The van der Waals surface area contributed by atoms with E-state index in [1.807, 2.05) is 53.1 Å². The average molecular weight is 447 g/mol. The topological polar surface area (TPSA) is 73.0 Å². The molecule has 0 fully saturated rings. The predicted molar refractivity (Wildman–Crippen MR) is 126 cm³/mol. The zero-order valence-electron chi connectivity index (χ0n) is 18.0. The van der Waals surface area contributed by atoms with Gasteiger partial charge < -0.3 is 9.73 Å². The standard InChI is InChI=1S/C25H26N4O2S/c1-2-10-21(20-13-7-4-8-14-20)26-23(30)18-32-25-28-27-24(22-15-9-16-31-22)29(25)17-19-11-5-3-6-12-19/h3-9,11-16,21H,2,10,17-18H2,1H3,(H,26,30). The van der Waals surface area contributed by atoms with Gasteiger partial charge in [0, 0.05) is 0 Å². The van der Waals surface area contributed by atoms with Crippen molar-refractivity contribution in [1.29, 1.82) is 0 Å². The average Bonchev–Trinajstić information content (AvgIpc) is 3.49. The summed E-state index contributed by atoms with van der Waals surface area (Å²) in [6.07, 6.45) is 3.51. The number of aromatic nitrogens is 3. The maximum absolute atomic E-state index is 12.8. The van der Waals surface area contributed by atoms with Crippen LogP contribution in [0, 0.1) is 0 Å². The summed E-state index contributed by atoms with van der Waals surface area (Å²) in [5.41, 5.74) is 2.25. The second kappa shape index (κ2) is 10.8. The fourth-order valence-corrected chi connectivity index (χ4v) is 4.30. The van der Waals surface area contributed by atoms with Gasteiger partial charge in [-0.3, -0.25) is 9.36 Å². The van der Waals surface area contributed by atoms with Crippen LogP contribution in [0.2, 0.25) is 0 Å². The summed E-state index contributed by atoms with van der Waals surface area (Å²) < 4.78 is 7.55. The van der Waals surface area contributed by atoms with Crippen LogP contribution in [0.15, 0.2) is 88.6 Å². The third kappa shape index (κ3) is 5.48. The van der Waals surface area contributed by atoms with E-state index in [-0.39, 0.29) is 17.7 Å². The Hall–Kier alpha value is -3.32. The SMILES string of the molecule is CCCC(NC(=O)CSc1nnc(-c2ccco2)n1Cc1ccccc1)c1ccccc1. The molecule has 4 rings (SSSR count). The van der Waals surface area contributed by atoms with Gasteiger partial charge >= 0.3 is 0 Å². The first kappa shape index (κ1) is 21.9. The number of nitrogens with zero attached hydrogens (tertiary/aromatic N) is 3. The molecular weight excluding hydrogens is 420 g/mol. The maximum atomic E-state index is 12.8. The molecule has 2 aromatic carbocycles. The predicted octanol–water partition coefficient (Wildman–Crippen LogP) is 5.34. The van der Waals surface area contributed by atoms with Gasteiger partial charge in [-0.05, 0) is 29.7 Å². The molecule has 0 aliphatic rings. The minimum atomic E-state index is -0.0221. The lowest BCUT2D eigenvalue weighted by atomic mass is 10.0. The smallest absolute Gasteiger partial charge is 0.230 e. The Morgan fingerprint density at radius 1 is 1.03 bits per heavy atom. The molecule has 32 heavy (non-hydrogen) atoms. The molecule has 0 radical (unpaired) electrons. The summed E-state index contributed by atoms with van der Waals surface area (Å²) in [6.45, 7) is 2.72. The lowest BCUT2D eigenvalue weighted by Crippen LogP contribution is -2.30. The lowest BCUT2D eigenvalue weighted by Gasteiger charge is -2.18. The summed E-state index contributed by atoms with van der Waals surface area (Å²) in [5.74, 6) is 1.54. The van der Waals surface area contributed by atoms with Gasteiger partial charge in [-0.15, -0.1) is 10.2 Å². The number of furan rings is 1. The Morgan fingerprint density at radius 2 is 1.78 bits per heavy atom. The first-order valence-electron chi connectivity index (χ1n) is 10.7. The van der Waals surface area contributed by atoms with Gasteiger partial charge in [-0.1, -0.05) is 85.8 Å². The number of nitrogens with one attached hydrogen (secondary N) is 1. The Bertz CT molecular complexity index is 1110. The van der Waals surface area contributed by atoms with E-state index in [0.717, 1.165) is 24.0 Å². The van der Waals surface area contributed by atoms with Gasteiger partial charge in [0.25, 0.3) is 0 Å². The van der Waals surface area contributed by atoms with Crippen LogP contribution < -0.4 is 5.32 Å². The van der Waals surface area contributed by atoms with Crippen molar-refractivity contribution in [2.24, 2.45) is 0 Å². The molecule has 0 saturated heterocycles. The summed E-state index contributed by atoms with van der Waals surface area (Å²) >= 11 is 1.38. The minimum Gasteiger partial charge on any atom is -0.461 e. The van der Waals surface area contributed by atoms with Crippen LogP contribution >= 0.6 is 11.8 Å². The molecule has 2 heterocycles. The van der Waals surface area contributed by atoms with Gasteiger partial charge in [0.15, 0.2) is 10.9 Å². The summed E-state index contributed by atoms with van der Waals surface area (Å²) in [5, 5.41) is 12.5. The van der Waals surface area contributed by atoms with Crippen LogP contribution in [-0.2, 0) is 11.3 Å². The lowest BCUT2D eigenvalue weighted by molar-refractivity contribution is -0.119. The molecule has 0 saturated carbocycles. The zero-order chi connectivity index (χ0) is 22.2. The first-order valence-corrected chi connectivity index (χ1v) is 11.7. The normalized spacial score (nSPS) is 11.9. The van der Waals surface area contributed by atoms with Crippen LogP contribution in [0.5, 0.6) is 0 Å². The van der Waals surface area contributed by atoms with E-state index in [4.69, 9.17) is 4.42 Å². The quantitative estimate of drug-likeness (QED) is 0.333. The minimum absolute atomic E-state index is 0.00942. The second-order valence-electron chi connectivity index (χ2n) is 7.46. The Kier molecular flexibility index (Phi) is 7.40. The van der Waals surface area contributed by atoms with Crippen LogP contribution in [-0.4, -0.2) is 26.4 Å².